The zero-order valence-electron chi connectivity index (χ0n) is 10.8. The Morgan fingerprint density at radius 2 is 1.76 bits per heavy atom. The van der Waals surface area contributed by atoms with Crippen LogP contribution in [0.3, 0.4) is 0 Å². The van der Waals surface area contributed by atoms with Crippen molar-refractivity contribution in [2.45, 2.75) is 57.5 Å². The van der Waals surface area contributed by atoms with Gasteiger partial charge in [0, 0.05) is 18.6 Å². The highest BCUT2D eigenvalue weighted by Gasteiger charge is 2.21. The van der Waals surface area contributed by atoms with Crippen molar-refractivity contribution in [3.05, 3.63) is 0 Å². The molecule has 0 radical (unpaired) electrons. The lowest BCUT2D eigenvalue weighted by atomic mass is 9.95. The summed E-state index contributed by atoms with van der Waals surface area (Å²) < 4.78 is 0. The van der Waals surface area contributed by atoms with E-state index in [1.54, 1.807) is 0 Å². The molecule has 0 aromatic rings. The van der Waals surface area contributed by atoms with Crippen LogP contribution in [-0.4, -0.2) is 31.2 Å². The number of nitrogens with one attached hydrogen (secondary N) is 3. The third-order valence-electron chi connectivity index (χ3n) is 3.85. The smallest absolute Gasteiger partial charge is 0.315 e. The molecule has 0 spiro atoms. The van der Waals surface area contributed by atoms with Crippen LogP contribution in [0.2, 0.25) is 0 Å². The average Bonchev–Trinajstić information content (AvgIpc) is 2.30. The van der Waals surface area contributed by atoms with Gasteiger partial charge >= 0.3 is 6.03 Å². The molecule has 4 nitrogen and oxygen atoms in total. The van der Waals surface area contributed by atoms with Gasteiger partial charge in [0.2, 0.25) is 0 Å². The molecular formula is C13H25N3O. The Morgan fingerprint density at radius 3 is 2.47 bits per heavy atom. The number of rotatable bonds is 2. The number of piperidine rings is 1. The maximum Gasteiger partial charge on any atom is 0.315 e. The molecule has 2 fully saturated rings. The van der Waals surface area contributed by atoms with Crippen LogP contribution in [0.25, 0.3) is 0 Å². The lowest BCUT2D eigenvalue weighted by Crippen LogP contribution is -2.52. The molecule has 2 amide bonds. The van der Waals surface area contributed by atoms with Gasteiger partial charge in [0.1, 0.15) is 0 Å². The van der Waals surface area contributed by atoms with E-state index in [1.807, 2.05) is 0 Å². The van der Waals surface area contributed by atoms with Gasteiger partial charge in [-0.15, -0.1) is 0 Å². The number of carbonyl (C=O) groups is 1. The summed E-state index contributed by atoms with van der Waals surface area (Å²) in [5.74, 6) is 0.656. The van der Waals surface area contributed by atoms with E-state index in [0.29, 0.717) is 18.0 Å². The van der Waals surface area contributed by atoms with E-state index < -0.39 is 0 Å². The van der Waals surface area contributed by atoms with Crippen molar-refractivity contribution in [1.29, 1.82) is 0 Å². The molecule has 2 rings (SSSR count). The highest BCUT2D eigenvalue weighted by atomic mass is 16.2. The van der Waals surface area contributed by atoms with Crippen molar-refractivity contribution in [1.82, 2.24) is 16.0 Å². The van der Waals surface area contributed by atoms with Crippen LogP contribution >= 0.6 is 0 Å². The van der Waals surface area contributed by atoms with Crippen LogP contribution in [-0.2, 0) is 0 Å². The molecule has 1 heterocycles. The highest BCUT2D eigenvalue weighted by Crippen LogP contribution is 2.17. The highest BCUT2D eigenvalue weighted by molar-refractivity contribution is 5.74. The van der Waals surface area contributed by atoms with Crippen molar-refractivity contribution < 1.29 is 4.79 Å². The Hall–Kier alpha value is -0.770. The second kappa shape index (κ2) is 6.24. The summed E-state index contributed by atoms with van der Waals surface area (Å²) in [6.07, 6.45) is 7.22. The summed E-state index contributed by atoms with van der Waals surface area (Å²) in [6.45, 7) is 4.20. The number of hydrogen-bond donors (Lipinski definition) is 3. The third-order valence-corrected chi connectivity index (χ3v) is 3.85. The molecule has 2 aliphatic rings. The van der Waals surface area contributed by atoms with Gasteiger partial charge in [-0.2, -0.15) is 0 Å². The van der Waals surface area contributed by atoms with Gasteiger partial charge in [0.25, 0.3) is 0 Å². The first kappa shape index (κ1) is 12.7. The molecule has 1 aliphatic heterocycles. The van der Waals surface area contributed by atoms with Gasteiger partial charge in [-0.3, -0.25) is 0 Å². The van der Waals surface area contributed by atoms with E-state index in [0.717, 1.165) is 32.4 Å². The van der Waals surface area contributed by atoms with E-state index in [-0.39, 0.29) is 6.03 Å². The van der Waals surface area contributed by atoms with Gasteiger partial charge in [0.15, 0.2) is 0 Å². The molecule has 3 N–H and O–H groups in total. The second-order valence-electron chi connectivity index (χ2n) is 5.65. The zero-order valence-corrected chi connectivity index (χ0v) is 10.8. The normalized spacial score (nSPS) is 30.9. The van der Waals surface area contributed by atoms with E-state index >= 15 is 0 Å². The van der Waals surface area contributed by atoms with Crippen LogP contribution in [0.1, 0.15) is 45.4 Å². The molecule has 4 heteroatoms. The summed E-state index contributed by atoms with van der Waals surface area (Å²) in [5, 5.41) is 9.54. The Bertz CT molecular complexity index is 251. The quantitative estimate of drug-likeness (QED) is 0.686. The fraction of sp³-hybridized carbons (Fsp3) is 0.923. The van der Waals surface area contributed by atoms with Crippen LogP contribution in [0.4, 0.5) is 4.79 Å². The first-order valence-corrected chi connectivity index (χ1v) is 7.02. The van der Waals surface area contributed by atoms with Gasteiger partial charge in [-0.05, 0) is 31.7 Å². The fourth-order valence-electron chi connectivity index (χ4n) is 2.93. The summed E-state index contributed by atoms with van der Waals surface area (Å²) in [5.41, 5.74) is 0. The molecule has 1 saturated heterocycles. The first-order valence-electron chi connectivity index (χ1n) is 7.02. The molecule has 0 bridgehead atoms. The molecule has 98 valence electrons. The summed E-state index contributed by atoms with van der Waals surface area (Å²) in [6, 6.07) is 0.720. The van der Waals surface area contributed by atoms with E-state index in [2.05, 4.69) is 22.9 Å². The SMILES string of the molecule is CC1CNCC(NC(=O)NC2CCCCC2)C1. The summed E-state index contributed by atoms with van der Waals surface area (Å²) >= 11 is 0. The Labute approximate surface area is 104 Å². The minimum atomic E-state index is 0.0257. The van der Waals surface area contributed by atoms with Gasteiger partial charge in [0.05, 0.1) is 0 Å². The molecule has 2 unspecified atom stereocenters. The summed E-state index contributed by atoms with van der Waals surface area (Å²) in [4.78, 5) is 11.8. The lowest BCUT2D eigenvalue weighted by Gasteiger charge is -2.30. The number of carbonyl (C=O) groups excluding carboxylic acids is 1. The largest absolute Gasteiger partial charge is 0.335 e. The minimum absolute atomic E-state index is 0.0257. The molecular weight excluding hydrogens is 214 g/mol. The van der Waals surface area contributed by atoms with Crippen molar-refractivity contribution in [2.75, 3.05) is 13.1 Å². The maximum atomic E-state index is 11.8. The van der Waals surface area contributed by atoms with E-state index in [1.165, 1.54) is 19.3 Å². The van der Waals surface area contributed by atoms with Gasteiger partial charge < -0.3 is 16.0 Å². The molecule has 1 aliphatic carbocycles. The maximum absolute atomic E-state index is 11.8. The minimum Gasteiger partial charge on any atom is -0.335 e. The monoisotopic (exact) mass is 239 g/mol. The van der Waals surface area contributed by atoms with Crippen molar-refractivity contribution in [3.8, 4) is 0 Å². The van der Waals surface area contributed by atoms with Gasteiger partial charge in [-0.1, -0.05) is 26.2 Å². The van der Waals surface area contributed by atoms with Crippen molar-refractivity contribution in [2.24, 2.45) is 5.92 Å². The molecule has 17 heavy (non-hydrogen) atoms. The third kappa shape index (κ3) is 4.19. The van der Waals surface area contributed by atoms with Crippen LogP contribution in [0.15, 0.2) is 0 Å². The van der Waals surface area contributed by atoms with E-state index in [4.69, 9.17) is 0 Å². The standard InChI is InChI=1S/C13H25N3O/c1-10-7-12(9-14-8-10)16-13(17)15-11-5-3-2-4-6-11/h10-12,14H,2-9H2,1H3,(H2,15,16,17). The lowest BCUT2D eigenvalue weighted by molar-refractivity contribution is 0.222. The van der Waals surface area contributed by atoms with E-state index in [9.17, 15) is 4.79 Å². The number of urea groups is 1. The topological polar surface area (TPSA) is 53.2 Å². The zero-order chi connectivity index (χ0) is 12.1. The molecule has 2 atom stereocenters. The molecule has 0 aromatic carbocycles. The summed E-state index contributed by atoms with van der Waals surface area (Å²) in [7, 11) is 0. The molecule has 0 aromatic heterocycles. The predicted octanol–water partition coefficient (Wildman–Crippen LogP) is 1.62. The van der Waals surface area contributed by atoms with Crippen molar-refractivity contribution >= 4 is 6.03 Å². The Morgan fingerprint density at radius 1 is 1.06 bits per heavy atom. The van der Waals surface area contributed by atoms with Crippen LogP contribution in [0, 0.1) is 5.92 Å². The average molecular weight is 239 g/mol. The Kier molecular flexibility index (Phi) is 4.66. The second-order valence-corrected chi connectivity index (χ2v) is 5.65. The Balaban J connectivity index is 1.68. The fourth-order valence-corrected chi connectivity index (χ4v) is 2.93. The van der Waals surface area contributed by atoms with Gasteiger partial charge in [-0.25, -0.2) is 4.79 Å². The van der Waals surface area contributed by atoms with Crippen molar-refractivity contribution in [3.63, 3.8) is 0 Å². The number of amides is 2. The van der Waals surface area contributed by atoms with Crippen LogP contribution < -0.4 is 16.0 Å². The van der Waals surface area contributed by atoms with Crippen LogP contribution in [0.5, 0.6) is 0 Å². The first-order chi connectivity index (χ1) is 8.24. The number of hydrogen-bond acceptors (Lipinski definition) is 2. The predicted molar refractivity (Wildman–Crippen MR) is 69.0 cm³/mol. The molecule has 1 saturated carbocycles.